The SMILES string of the molecule is CN1Cc2cc(Nc3ncc(Br)c(Nc4cccc(N=S(C)(C)=O)n4)n3)cc3c2C(CCC3)C1. The summed E-state index contributed by atoms with van der Waals surface area (Å²) in [6, 6.07) is 9.86. The monoisotopic (exact) mass is 541 g/mol. The molecule has 5 rings (SSSR count). The number of nitrogens with one attached hydrogen (secondary N) is 2. The van der Waals surface area contributed by atoms with Crippen molar-refractivity contribution in [1.29, 1.82) is 0 Å². The summed E-state index contributed by atoms with van der Waals surface area (Å²) in [6.45, 7) is 2.12. The Morgan fingerprint density at radius 2 is 2.00 bits per heavy atom. The molecule has 2 aromatic heterocycles. The number of likely N-dealkylation sites (N-methyl/N-ethyl adjacent to an activating group) is 1. The van der Waals surface area contributed by atoms with Gasteiger partial charge in [-0.3, -0.25) is 0 Å². The largest absolute Gasteiger partial charge is 0.324 e. The maximum Gasteiger partial charge on any atom is 0.229 e. The summed E-state index contributed by atoms with van der Waals surface area (Å²) in [5.74, 6) is 2.70. The molecular weight excluding hydrogens is 514 g/mol. The van der Waals surface area contributed by atoms with Crippen molar-refractivity contribution in [2.45, 2.75) is 31.7 Å². The van der Waals surface area contributed by atoms with Crippen LogP contribution >= 0.6 is 15.9 Å². The molecule has 1 aliphatic heterocycles. The Morgan fingerprint density at radius 3 is 2.82 bits per heavy atom. The maximum atomic E-state index is 12.0. The van der Waals surface area contributed by atoms with Crippen LogP contribution in [0.5, 0.6) is 0 Å². The Bertz CT molecular complexity index is 1360. The van der Waals surface area contributed by atoms with Gasteiger partial charge in [-0.15, -0.1) is 0 Å². The molecule has 178 valence electrons. The first-order valence-corrected chi connectivity index (χ1v) is 14.4. The molecule has 1 aromatic carbocycles. The van der Waals surface area contributed by atoms with Gasteiger partial charge in [0.15, 0.2) is 11.6 Å². The number of benzene rings is 1. The minimum absolute atomic E-state index is 0.412. The Morgan fingerprint density at radius 1 is 1.18 bits per heavy atom. The lowest BCUT2D eigenvalue weighted by Gasteiger charge is -2.37. The van der Waals surface area contributed by atoms with E-state index >= 15 is 0 Å². The summed E-state index contributed by atoms with van der Waals surface area (Å²) in [7, 11) is -0.0976. The fourth-order valence-corrected chi connectivity index (χ4v) is 5.69. The van der Waals surface area contributed by atoms with Crippen molar-refractivity contribution >= 4 is 54.7 Å². The smallest absolute Gasteiger partial charge is 0.229 e. The van der Waals surface area contributed by atoms with Crippen molar-refractivity contribution in [1.82, 2.24) is 19.9 Å². The lowest BCUT2D eigenvalue weighted by atomic mass is 9.77. The molecule has 0 amide bonds. The Hall–Kier alpha value is -2.56. The van der Waals surface area contributed by atoms with Crippen LogP contribution in [-0.2, 0) is 22.7 Å². The van der Waals surface area contributed by atoms with Crippen LogP contribution in [0.2, 0.25) is 0 Å². The molecule has 0 spiro atoms. The summed E-state index contributed by atoms with van der Waals surface area (Å²) in [4.78, 5) is 16.0. The predicted molar refractivity (Wildman–Crippen MR) is 141 cm³/mol. The van der Waals surface area contributed by atoms with Crippen LogP contribution in [0, 0.1) is 0 Å². The average molecular weight is 543 g/mol. The number of rotatable bonds is 5. The van der Waals surface area contributed by atoms with Gasteiger partial charge in [-0.25, -0.2) is 14.2 Å². The van der Waals surface area contributed by atoms with E-state index < -0.39 is 9.73 Å². The number of aryl methyl sites for hydroxylation is 1. The van der Waals surface area contributed by atoms with Crippen LogP contribution in [0.15, 0.2) is 45.4 Å². The zero-order valence-electron chi connectivity index (χ0n) is 19.5. The second kappa shape index (κ2) is 9.24. The van der Waals surface area contributed by atoms with Crippen molar-refractivity contribution in [3.63, 3.8) is 0 Å². The molecule has 1 aliphatic carbocycles. The summed E-state index contributed by atoms with van der Waals surface area (Å²) in [6.07, 6.45) is 8.52. The highest BCUT2D eigenvalue weighted by Gasteiger charge is 2.29. The molecule has 1 unspecified atom stereocenters. The van der Waals surface area contributed by atoms with Crippen LogP contribution < -0.4 is 10.6 Å². The van der Waals surface area contributed by atoms with Crippen LogP contribution in [-0.4, -0.2) is 50.2 Å². The predicted octanol–water partition coefficient (Wildman–Crippen LogP) is 5.35. The molecule has 3 heterocycles. The maximum absolute atomic E-state index is 12.0. The van der Waals surface area contributed by atoms with Gasteiger partial charge in [0.2, 0.25) is 5.95 Å². The van der Waals surface area contributed by atoms with Crippen LogP contribution in [0.4, 0.5) is 29.1 Å². The summed E-state index contributed by atoms with van der Waals surface area (Å²) < 4.78 is 16.9. The third-order valence-electron chi connectivity index (χ3n) is 6.03. The number of nitrogens with zero attached hydrogens (tertiary/aromatic N) is 5. The van der Waals surface area contributed by atoms with Crippen LogP contribution in [0.1, 0.15) is 35.4 Å². The van der Waals surface area contributed by atoms with Gasteiger partial charge in [-0.2, -0.15) is 9.35 Å². The van der Waals surface area contributed by atoms with E-state index in [9.17, 15) is 4.21 Å². The second-order valence-electron chi connectivity index (χ2n) is 9.29. The lowest BCUT2D eigenvalue weighted by molar-refractivity contribution is 0.266. The second-order valence-corrected chi connectivity index (χ2v) is 12.7. The van der Waals surface area contributed by atoms with E-state index in [1.165, 1.54) is 24.0 Å². The van der Waals surface area contributed by atoms with E-state index in [2.05, 4.69) is 70.0 Å². The van der Waals surface area contributed by atoms with E-state index in [0.717, 1.165) is 25.2 Å². The highest BCUT2D eigenvalue weighted by Crippen LogP contribution is 2.40. The number of aromatic nitrogens is 3. The highest BCUT2D eigenvalue weighted by atomic mass is 79.9. The van der Waals surface area contributed by atoms with E-state index in [1.54, 1.807) is 30.3 Å². The molecule has 34 heavy (non-hydrogen) atoms. The van der Waals surface area contributed by atoms with E-state index in [4.69, 9.17) is 0 Å². The summed E-state index contributed by atoms with van der Waals surface area (Å²) in [5.41, 5.74) is 5.43. The third-order valence-corrected chi connectivity index (χ3v) is 7.23. The third kappa shape index (κ3) is 5.24. The first-order chi connectivity index (χ1) is 16.2. The Balaban J connectivity index is 1.41. The van der Waals surface area contributed by atoms with Gasteiger partial charge >= 0.3 is 0 Å². The van der Waals surface area contributed by atoms with E-state index in [-0.39, 0.29) is 0 Å². The van der Waals surface area contributed by atoms with Gasteiger partial charge in [0.05, 0.1) is 4.47 Å². The minimum atomic E-state index is -2.29. The van der Waals surface area contributed by atoms with Crippen molar-refractivity contribution in [2.24, 2.45) is 4.36 Å². The van der Waals surface area contributed by atoms with Gasteiger partial charge in [0, 0.05) is 47.2 Å². The zero-order valence-corrected chi connectivity index (χ0v) is 21.9. The first kappa shape index (κ1) is 23.2. The van der Waals surface area contributed by atoms with Gasteiger partial charge in [-0.05, 0) is 89.1 Å². The molecule has 2 N–H and O–H groups in total. The van der Waals surface area contributed by atoms with Gasteiger partial charge in [0.1, 0.15) is 5.82 Å². The van der Waals surface area contributed by atoms with Crippen molar-refractivity contribution in [3.05, 3.63) is 57.7 Å². The zero-order chi connectivity index (χ0) is 23.9. The molecular formula is C24H28BrN7OS. The summed E-state index contributed by atoms with van der Waals surface area (Å²) in [5, 5.41) is 6.61. The molecule has 0 saturated heterocycles. The van der Waals surface area contributed by atoms with E-state index in [0.29, 0.717) is 33.8 Å². The van der Waals surface area contributed by atoms with Gasteiger partial charge in [-0.1, -0.05) is 6.07 Å². The highest BCUT2D eigenvalue weighted by molar-refractivity contribution is 9.10. The molecule has 0 radical (unpaired) electrons. The van der Waals surface area contributed by atoms with Gasteiger partial charge < -0.3 is 15.5 Å². The molecule has 0 bridgehead atoms. The number of hydrogen-bond donors (Lipinski definition) is 2. The number of halogens is 1. The molecule has 2 aliphatic rings. The molecule has 0 saturated carbocycles. The minimum Gasteiger partial charge on any atom is -0.324 e. The van der Waals surface area contributed by atoms with Crippen molar-refractivity contribution in [3.8, 4) is 0 Å². The Labute approximate surface area is 208 Å². The lowest BCUT2D eigenvalue weighted by Crippen LogP contribution is -2.33. The van der Waals surface area contributed by atoms with Crippen LogP contribution in [0.3, 0.4) is 0 Å². The fourth-order valence-electron chi connectivity index (χ4n) is 4.84. The number of anilines is 4. The standard InChI is InChI=1S/C24H28BrN7OS/c1-32-13-16-7-4-6-15-10-18(11-17(14-32)22(15)16)27-24-26-12-19(25)23(30-24)29-20-8-5-9-21(28-20)31-34(2,3)33/h5,8-12,16H,4,6-7,13-14H2,1-3H3,(H2,26,27,28,29,30). The molecule has 0 fully saturated rings. The topological polar surface area (TPSA) is 95.4 Å². The quantitative estimate of drug-likeness (QED) is 0.449. The van der Waals surface area contributed by atoms with Crippen molar-refractivity contribution in [2.75, 3.05) is 36.7 Å². The van der Waals surface area contributed by atoms with E-state index in [1.807, 2.05) is 12.1 Å². The first-order valence-electron chi connectivity index (χ1n) is 11.3. The van der Waals surface area contributed by atoms with Crippen LogP contribution in [0.25, 0.3) is 0 Å². The fraction of sp³-hybridized carbons (Fsp3) is 0.375. The Kier molecular flexibility index (Phi) is 6.30. The molecule has 3 aromatic rings. The van der Waals surface area contributed by atoms with Gasteiger partial charge in [0.25, 0.3) is 0 Å². The van der Waals surface area contributed by atoms with Crippen molar-refractivity contribution < 1.29 is 4.21 Å². The molecule has 10 heteroatoms. The number of hydrogen-bond acceptors (Lipinski definition) is 8. The summed E-state index contributed by atoms with van der Waals surface area (Å²) >= 11 is 3.52. The normalized spacial score (nSPS) is 17.7. The number of pyridine rings is 1. The average Bonchev–Trinajstić information content (AvgIpc) is 2.75. The molecule has 8 nitrogen and oxygen atoms in total. The molecule has 1 atom stereocenters.